The Morgan fingerprint density at radius 3 is 2.48 bits per heavy atom. The van der Waals surface area contributed by atoms with Crippen LogP contribution < -0.4 is 10.6 Å². The van der Waals surface area contributed by atoms with Gasteiger partial charge in [-0.25, -0.2) is 9.98 Å². The third kappa shape index (κ3) is 8.49. The zero-order chi connectivity index (χ0) is 19.4. The summed E-state index contributed by atoms with van der Waals surface area (Å²) in [5, 5.41) is 6.72. The Morgan fingerprint density at radius 1 is 1.03 bits per heavy atom. The molecule has 0 spiro atoms. The minimum atomic E-state index is 0. The van der Waals surface area contributed by atoms with Crippen LogP contribution in [0.2, 0.25) is 0 Å². The summed E-state index contributed by atoms with van der Waals surface area (Å²) in [6.07, 6.45) is 5.61. The van der Waals surface area contributed by atoms with Crippen molar-refractivity contribution in [3.05, 3.63) is 84.4 Å². The van der Waals surface area contributed by atoms with E-state index >= 15 is 0 Å². The highest BCUT2D eigenvalue weighted by Gasteiger charge is 2.00. The summed E-state index contributed by atoms with van der Waals surface area (Å²) in [5.41, 5.74) is 2.46. The summed E-state index contributed by atoms with van der Waals surface area (Å²) in [7, 11) is 0. The van der Waals surface area contributed by atoms with Crippen LogP contribution in [-0.2, 0) is 13.1 Å². The van der Waals surface area contributed by atoms with Crippen molar-refractivity contribution in [2.45, 2.75) is 24.9 Å². The maximum Gasteiger partial charge on any atom is 0.191 e. The summed E-state index contributed by atoms with van der Waals surface area (Å²) < 4.78 is 2.06. The number of guanidine groups is 1. The molecule has 1 aromatic heterocycles. The molecule has 0 saturated carbocycles. The van der Waals surface area contributed by atoms with Gasteiger partial charge in [-0.05, 0) is 30.2 Å². The number of aromatic nitrogens is 2. The molecule has 0 aliphatic heterocycles. The van der Waals surface area contributed by atoms with Gasteiger partial charge in [0, 0.05) is 42.7 Å². The van der Waals surface area contributed by atoms with Crippen LogP contribution in [0.4, 0.5) is 0 Å². The predicted octanol–water partition coefficient (Wildman–Crippen LogP) is 4.40. The Balaban J connectivity index is 0.00000300. The first-order chi connectivity index (χ1) is 13.8. The van der Waals surface area contributed by atoms with E-state index in [4.69, 9.17) is 4.99 Å². The average molecular weight is 521 g/mol. The fraction of sp³-hybridized carbons (Fsp3) is 0.273. The van der Waals surface area contributed by atoms with Crippen molar-refractivity contribution < 1.29 is 0 Å². The van der Waals surface area contributed by atoms with Crippen LogP contribution in [0.15, 0.2) is 83.2 Å². The van der Waals surface area contributed by atoms with E-state index in [1.54, 1.807) is 6.20 Å². The zero-order valence-electron chi connectivity index (χ0n) is 16.6. The highest BCUT2D eigenvalue weighted by Crippen LogP contribution is 2.15. The second-order valence-corrected chi connectivity index (χ2v) is 7.50. The van der Waals surface area contributed by atoms with Crippen molar-refractivity contribution in [3.8, 4) is 0 Å². The van der Waals surface area contributed by atoms with E-state index in [0.29, 0.717) is 6.54 Å². The van der Waals surface area contributed by atoms with Gasteiger partial charge in [0.05, 0.1) is 12.9 Å². The van der Waals surface area contributed by atoms with E-state index < -0.39 is 0 Å². The Labute approximate surface area is 194 Å². The molecule has 0 bridgehead atoms. The summed E-state index contributed by atoms with van der Waals surface area (Å²) in [6.45, 7) is 5.30. The molecule has 5 nitrogen and oxygen atoms in total. The SMILES string of the molecule is CCNC(=NCc1ccc(Cn2ccnc2)cc1)NCCSc1ccccc1.I. The molecule has 0 saturated heterocycles. The van der Waals surface area contributed by atoms with Gasteiger partial charge in [0.1, 0.15) is 0 Å². The number of halogens is 1. The van der Waals surface area contributed by atoms with Crippen LogP contribution >= 0.6 is 35.7 Å². The lowest BCUT2D eigenvalue weighted by atomic mass is 10.1. The monoisotopic (exact) mass is 521 g/mol. The van der Waals surface area contributed by atoms with Gasteiger partial charge in [-0.3, -0.25) is 0 Å². The fourth-order valence-corrected chi connectivity index (χ4v) is 3.50. The maximum atomic E-state index is 4.70. The highest BCUT2D eigenvalue weighted by molar-refractivity contribution is 14.0. The molecule has 154 valence electrons. The lowest BCUT2D eigenvalue weighted by Gasteiger charge is -2.11. The molecule has 0 atom stereocenters. The summed E-state index contributed by atoms with van der Waals surface area (Å²) in [5.74, 6) is 1.86. The van der Waals surface area contributed by atoms with Gasteiger partial charge in [0.25, 0.3) is 0 Å². The van der Waals surface area contributed by atoms with E-state index in [2.05, 4.69) is 75.6 Å². The van der Waals surface area contributed by atoms with Crippen molar-refractivity contribution in [1.29, 1.82) is 0 Å². The molecule has 0 fully saturated rings. The van der Waals surface area contributed by atoms with Crippen LogP contribution in [0.1, 0.15) is 18.1 Å². The van der Waals surface area contributed by atoms with Crippen LogP contribution in [0.5, 0.6) is 0 Å². The molecule has 0 aliphatic rings. The third-order valence-corrected chi connectivity index (χ3v) is 5.13. The first-order valence-corrected chi connectivity index (χ1v) is 10.6. The summed E-state index contributed by atoms with van der Waals surface area (Å²) in [6, 6.07) is 19.1. The van der Waals surface area contributed by atoms with Gasteiger partial charge in [0.2, 0.25) is 0 Å². The minimum absolute atomic E-state index is 0. The quantitative estimate of drug-likeness (QED) is 0.144. The zero-order valence-corrected chi connectivity index (χ0v) is 19.8. The number of thioether (sulfide) groups is 1. The normalized spacial score (nSPS) is 11.0. The molecule has 29 heavy (non-hydrogen) atoms. The van der Waals surface area contributed by atoms with Gasteiger partial charge in [-0.15, -0.1) is 35.7 Å². The Hall–Kier alpha value is -2.00. The van der Waals surface area contributed by atoms with Crippen LogP contribution in [0, 0.1) is 0 Å². The lowest BCUT2D eigenvalue weighted by Crippen LogP contribution is -2.38. The van der Waals surface area contributed by atoms with Crippen molar-refractivity contribution in [2.24, 2.45) is 4.99 Å². The molecule has 1 heterocycles. The topological polar surface area (TPSA) is 54.2 Å². The van der Waals surface area contributed by atoms with Crippen molar-refractivity contribution in [1.82, 2.24) is 20.2 Å². The largest absolute Gasteiger partial charge is 0.357 e. The number of hydrogen-bond donors (Lipinski definition) is 2. The molecular weight excluding hydrogens is 493 g/mol. The summed E-state index contributed by atoms with van der Waals surface area (Å²) >= 11 is 1.85. The van der Waals surface area contributed by atoms with E-state index in [0.717, 1.165) is 31.3 Å². The van der Waals surface area contributed by atoms with Gasteiger partial charge in [0.15, 0.2) is 5.96 Å². The fourth-order valence-electron chi connectivity index (χ4n) is 2.71. The molecule has 0 unspecified atom stereocenters. The molecule has 0 amide bonds. The maximum absolute atomic E-state index is 4.70. The lowest BCUT2D eigenvalue weighted by molar-refractivity contribution is 0.796. The molecule has 0 aliphatic carbocycles. The van der Waals surface area contributed by atoms with E-state index in [1.165, 1.54) is 16.0 Å². The van der Waals surface area contributed by atoms with Gasteiger partial charge in [-0.2, -0.15) is 0 Å². The molecule has 2 N–H and O–H groups in total. The van der Waals surface area contributed by atoms with Crippen molar-refractivity contribution in [2.75, 3.05) is 18.8 Å². The first kappa shape index (κ1) is 23.3. The van der Waals surface area contributed by atoms with Crippen LogP contribution in [-0.4, -0.2) is 34.4 Å². The Morgan fingerprint density at radius 2 is 1.79 bits per heavy atom. The standard InChI is InChI=1S/C22H27N5S.HI/c1-2-24-22(25-13-15-28-21-6-4-3-5-7-21)26-16-19-8-10-20(11-9-19)17-27-14-12-23-18-27;/h3-12,14,18H,2,13,15-17H2,1H3,(H2,24,25,26);1H. The molecule has 7 heteroatoms. The number of imidazole rings is 1. The number of nitrogens with zero attached hydrogens (tertiary/aromatic N) is 3. The van der Waals surface area contributed by atoms with Gasteiger partial charge >= 0.3 is 0 Å². The predicted molar refractivity (Wildman–Crippen MR) is 133 cm³/mol. The highest BCUT2D eigenvalue weighted by atomic mass is 127. The van der Waals surface area contributed by atoms with Gasteiger partial charge < -0.3 is 15.2 Å². The van der Waals surface area contributed by atoms with Crippen molar-refractivity contribution in [3.63, 3.8) is 0 Å². The Bertz CT molecular complexity index is 835. The number of benzene rings is 2. The molecule has 3 rings (SSSR count). The molecule has 3 aromatic rings. The average Bonchev–Trinajstić information content (AvgIpc) is 3.24. The van der Waals surface area contributed by atoms with Gasteiger partial charge in [-0.1, -0.05) is 42.5 Å². The minimum Gasteiger partial charge on any atom is -0.357 e. The smallest absolute Gasteiger partial charge is 0.191 e. The van der Waals surface area contributed by atoms with Crippen LogP contribution in [0.25, 0.3) is 0 Å². The second kappa shape index (κ2) is 13.3. The number of aliphatic imine (C=N–C) groups is 1. The first-order valence-electron chi connectivity index (χ1n) is 9.57. The molecular formula is C22H28IN5S. The Kier molecular flexibility index (Phi) is 10.6. The number of nitrogens with one attached hydrogen (secondary N) is 2. The van der Waals surface area contributed by atoms with E-state index in [-0.39, 0.29) is 24.0 Å². The molecule has 0 radical (unpaired) electrons. The third-order valence-electron chi connectivity index (χ3n) is 4.12. The van der Waals surface area contributed by atoms with Crippen molar-refractivity contribution >= 4 is 41.7 Å². The van der Waals surface area contributed by atoms with Crippen LogP contribution in [0.3, 0.4) is 0 Å². The number of rotatable bonds is 9. The number of hydrogen-bond acceptors (Lipinski definition) is 3. The summed E-state index contributed by atoms with van der Waals surface area (Å²) in [4.78, 5) is 10.1. The van der Waals surface area contributed by atoms with E-state index in [9.17, 15) is 0 Å². The second-order valence-electron chi connectivity index (χ2n) is 6.33. The molecule has 2 aromatic carbocycles. The van der Waals surface area contributed by atoms with E-state index in [1.807, 2.05) is 30.4 Å².